The zero-order chi connectivity index (χ0) is 11.0. The second kappa shape index (κ2) is 8.12. The maximum Gasteiger partial charge on any atom is 0.322 e. The summed E-state index contributed by atoms with van der Waals surface area (Å²) in [6, 6.07) is 0.161. The van der Waals surface area contributed by atoms with E-state index in [-0.39, 0.29) is 12.0 Å². The zero-order valence-corrected chi connectivity index (χ0v) is 10.3. The van der Waals surface area contributed by atoms with Crippen molar-refractivity contribution in [3.63, 3.8) is 0 Å². The maximum absolute atomic E-state index is 11.3. The summed E-state index contributed by atoms with van der Waals surface area (Å²) in [6.07, 6.45) is 3.16. The first-order valence-electron chi connectivity index (χ1n) is 5.03. The van der Waals surface area contributed by atoms with Crippen molar-refractivity contribution in [2.24, 2.45) is 0 Å². The van der Waals surface area contributed by atoms with Gasteiger partial charge in [0.25, 0.3) is 0 Å². The van der Waals surface area contributed by atoms with Crippen molar-refractivity contribution in [2.45, 2.75) is 39.3 Å². The second-order valence-electron chi connectivity index (χ2n) is 3.32. The fraction of sp³-hybridized carbons (Fsp3) is 0.900. The number of carbonyl (C=O) groups excluding carboxylic acids is 1. The Morgan fingerprint density at radius 3 is 2.64 bits per heavy atom. The van der Waals surface area contributed by atoms with Gasteiger partial charge in [-0.1, -0.05) is 0 Å². The molecule has 0 amide bonds. The quantitative estimate of drug-likeness (QED) is 0.661. The summed E-state index contributed by atoms with van der Waals surface area (Å²) in [7, 11) is 0. The van der Waals surface area contributed by atoms with Crippen LogP contribution in [-0.2, 0) is 9.53 Å². The summed E-state index contributed by atoms with van der Waals surface area (Å²) in [5.41, 5.74) is 0. The average Bonchev–Trinajstić information content (AvgIpc) is 2.15. The Morgan fingerprint density at radius 2 is 2.14 bits per heavy atom. The van der Waals surface area contributed by atoms with Crippen molar-refractivity contribution in [1.82, 2.24) is 5.32 Å². The Balaban J connectivity index is 3.68. The first kappa shape index (κ1) is 13.8. The lowest BCUT2D eigenvalue weighted by atomic mass is 10.2. The van der Waals surface area contributed by atoms with E-state index in [2.05, 4.69) is 18.5 Å². The molecule has 0 aromatic carbocycles. The van der Waals surface area contributed by atoms with E-state index in [1.807, 2.05) is 25.6 Å². The van der Waals surface area contributed by atoms with Crippen LogP contribution in [0.15, 0.2) is 0 Å². The molecule has 0 heterocycles. The van der Waals surface area contributed by atoms with Crippen LogP contribution in [0.5, 0.6) is 0 Å². The topological polar surface area (TPSA) is 38.3 Å². The molecule has 0 aliphatic heterocycles. The van der Waals surface area contributed by atoms with Gasteiger partial charge >= 0.3 is 5.97 Å². The van der Waals surface area contributed by atoms with Crippen LogP contribution in [0.4, 0.5) is 0 Å². The standard InChI is InChI=1S/C10H21NO2S/c1-5-13-10(12)9(3)11-8(2)6-7-14-4/h8-9,11H,5-7H2,1-4H3. The van der Waals surface area contributed by atoms with E-state index in [9.17, 15) is 4.79 Å². The minimum Gasteiger partial charge on any atom is -0.465 e. The number of hydrogen-bond acceptors (Lipinski definition) is 4. The molecule has 2 unspecified atom stereocenters. The van der Waals surface area contributed by atoms with Crippen molar-refractivity contribution in [3.8, 4) is 0 Å². The van der Waals surface area contributed by atoms with Crippen LogP contribution in [0.3, 0.4) is 0 Å². The number of ether oxygens (including phenoxy) is 1. The van der Waals surface area contributed by atoms with Crippen molar-refractivity contribution in [3.05, 3.63) is 0 Å². The molecule has 0 saturated carbocycles. The molecule has 0 rings (SSSR count). The monoisotopic (exact) mass is 219 g/mol. The van der Waals surface area contributed by atoms with Crippen LogP contribution in [0.2, 0.25) is 0 Å². The van der Waals surface area contributed by atoms with Crippen LogP contribution in [0.1, 0.15) is 27.2 Å². The molecule has 4 heteroatoms. The van der Waals surface area contributed by atoms with Crippen molar-refractivity contribution in [1.29, 1.82) is 0 Å². The Kier molecular flexibility index (Phi) is 7.99. The van der Waals surface area contributed by atoms with Gasteiger partial charge in [-0.2, -0.15) is 11.8 Å². The van der Waals surface area contributed by atoms with Gasteiger partial charge in [-0.25, -0.2) is 0 Å². The molecule has 0 aliphatic rings. The van der Waals surface area contributed by atoms with E-state index in [1.165, 1.54) is 0 Å². The summed E-state index contributed by atoms with van der Waals surface area (Å²) in [5.74, 6) is 0.951. The highest BCUT2D eigenvalue weighted by Gasteiger charge is 2.15. The predicted octanol–water partition coefficient (Wildman–Crippen LogP) is 1.67. The highest BCUT2D eigenvalue weighted by molar-refractivity contribution is 7.98. The van der Waals surface area contributed by atoms with E-state index in [0.29, 0.717) is 12.6 Å². The first-order chi connectivity index (χ1) is 6.61. The molecule has 0 spiro atoms. The van der Waals surface area contributed by atoms with Gasteiger partial charge in [0.15, 0.2) is 0 Å². The minimum atomic E-state index is -0.202. The van der Waals surface area contributed by atoms with E-state index in [1.54, 1.807) is 0 Å². The lowest BCUT2D eigenvalue weighted by Crippen LogP contribution is -2.41. The van der Waals surface area contributed by atoms with Crippen molar-refractivity contribution >= 4 is 17.7 Å². The smallest absolute Gasteiger partial charge is 0.322 e. The molecule has 0 saturated heterocycles. The fourth-order valence-electron chi connectivity index (χ4n) is 1.14. The molecular formula is C10H21NO2S. The van der Waals surface area contributed by atoms with Crippen LogP contribution in [0.25, 0.3) is 0 Å². The summed E-state index contributed by atoms with van der Waals surface area (Å²) in [5, 5.41) is 3.21. The van der Waals surface area contributed by atoms with Crippen LogP contribution < -0.4 is 5.32 Å². The van der Waals surface area contributed by atoms with Gasteiger partial charge in [-0.05, 0) is 39.2 Å². The summed E-state index contributed by atoms with van der Waals surface area (Å²) in [6.45, 7) is 6.20. The summed E-state index contributed by atoms with van der Waals surface area (Å²) in [4.78, 5) is 11.3. The van der Waals surface area contributed by atoms with E-state index >= 15 is 0 Å². The highest BCUT2D eigenvalue weighted by atomic mass is 32.2. The summed E-state index contributed by atoms with van der Waals surface area (Å²) < 4.78 is 4.90. The lowest BCUT2D eigenvalue weighted by Gasteiger charge is -2.18. The molecule has 0 fully saturated rings. The molecule has 0 bridgehead atoms. The third kappa shape index (κ3) is 6.27. The number of rotatable bonds is 7. The van der Waals surface area contributed by atoms with Gasteiger partial charge in [0.1, 0.15) is 6.04 Å². The Morgan fingerprint density at radius 1 is 1.50 bits per heavy atom. The van der Waals surface area contributed by atoms with Gasteiger partial charge in [0, 0.05) is 6.04 Å². The number of thioether (sulfide) groups is 1. The van der Waals surface area contributed by atoms with Crippen molar-refractivity contribution in [2.75, 3.05) is 18.6 Å². The average molecular weight is 219 g/mol. The van der Waals surface area contributed by atoms with Gasteiger partial charge in [-0.3, -0.25) is 4.79 Å². The first-order valence-corrected chi connectivity index (χ1v) is 6.42. The maximum atomic E-state index is 11.3. The third-order valence-corrected chi connectivity index (χ3v) is 2.57. The summed E-state index contributed by atoms with van der Waals surface area (Å²) >= 11 is 1.82. The number of hydrogen-bond donors (Lipinski definition) is 1. The molecular weight excluding hydrogens is 198 g/mol. The zero-order valence-electron chi connectivity index (χ0n) is 9.50. The number of esters is 1. The van der Waals surface area contributed by atoms with E-state index in [4.69, 9.17) is 4.74 Å². The van der Waals surface area contributed by atoms with Gasteiger partial charge in [0.05, 0.1) is 6.61 Å². The van der Waals surface area contributed by atoms with E-state index in [0.717, 1.165) is 12.2 Å². The molecule has 3 nitrogen and oxygen atoms in total. The molecule has 84 valence electrons. The SMILES string of the molecule is CCOC(=O)C(C)NC(C)CCSC. The molecule has 14 heavy (non-hydrogen) atoms. The fourth-order valence-corrected chi connectivity index (χ4v) is 1.73. The van der Waals surface area contributed by atoms with E-state index < -0.39 is 0 Å². The molecule has 0 aromatic rings. The Labute approximate surface area is 91.0 Å². The lowest BCUT2D eigenvalue weighted by molar-refractivity contribution is -0.145. The second-order valence-corrected chi connectivity index (χ2v) is 4.31. The van der Waals surface area contributed by atoms with Gasteiger partial charge in [-0.15, -0.1) is 0 Å². The largest absolute Gasteiger partial charge is 0.465 e. The van der Waals surface area contributed by atoms with Crippen LogP contribution >= 0.6 is 11.8 Å². The Bertz CT molecular complexity index is 164. The number of nitrogens with one attached hydrogen (secondary N) is 1. The molecule has 0 radical (unpaired) electrons. The predicted molar refractivity (Wildman–Crippen MR) is 61.7 cm³/mol. The van der Waals surface area contributed by atoms with Crippen LogP contribution in [0, 0.1) is 0 Å². The molecule has 0 aliphatic carbocycles. The minimum absolute atomic E-state index is 0.163. The molecule has 0 aromatic heterocycles. The van der Waals surface area contributed by atoms with Gasteiger partial charge in [0.2, 0.25) is 0 Å². The third-order valence-electron chi connectivity index (χ3n) is 1.93. The number of carbonyl (C=O) groups is 1. The molecule has 2 atom stereocenters. The van der Waals surface area contributed by atoms with Gasteiger partial charge < -0.3 is 10.1 Å². The highest BCUT2D eigenvalue weighted by Crippen LogP contribution is 2.01. The van der Waals surface area contributed by atoms with Crippen LogP contribution in [-0.4, -0.2) is 36.7 Å². The normalized spacial score (nSPS) is 14.9. The Hall–Kier alpha value is -0.220. The van der Waals surface area contributed by atoms with Crippen molar-refractivity contribution < 1.29 is 9.53 Å². The molecule has 1 N–H and O–H groups in total.